The summed E-state index contributed by atoms with van der Waals surface area (Å²) in [5.41, 5.74) is 0.158. The van der Waals surface area contributed by atoms with E-state index in [1.165, 1.54) is 32.1 Å². The average molecular weight is 168 g/mol. The van der Waals surface area contributed by atoms with Gasteiger partial charge in [-0.25, -0.2) is 0 Å². The van der Waals surface area contributed by atoms with Crippen molar-refractivity contribution in [2.75, 3.05) is 0 Å². The Labute approximate surface area is 75.5 Å². The fraction of sp³-hybridized carbons (Fsp3) is 0.818. The van der Waals surface area contributed by atoms with Gasteiger partial charge < -0.3 is 5.11 Å². The van der Waals surface area contributed by atoms with E-state index in [0.29, 0.717) is 0 Å². The average Bonchev–Trinajstić information content (AvgIpc) is 2.06. The smallest absolute Gasteiger partial charge is 0.0774 e. The van der Waals surface area contributed by atoms with E-state index < -0.39 is 0 Å². The van der Waals surface area contributed by atoms with Crippen molar-refractivity contribution in [2.45, 2.75) is 52.1 Å². The lowest BCUT2D eigenvalue weighted by molar-refractivity contribution is 0.0438. The number of rotatable bonds is 2. The van der Waals surface area contributed by atoms with Gasteiger partial charge in [-0.15, -0.1) is 0 Å². The molecule has 0 aromatic rings. The molecule has 0 radical (unpaired) electrons. The van der Waals surface area contributed by atoms with Crippen molar-refractivity contribution in [3.8, 4) is 0 Å². The lowest BCUT2D eigenvalue weighted by atomic mass is 9.72. The molecule has 1 atom stereocenters. The molecule has 0 amide bonds. The maximum atomic E-state index is 9.85. The second-order valence-corrected chi connectivity index (χ2v) is 4.19. The fourth-order valence-corrected chi connectivity index (χ4v) is 2.07. The van der Waals surface area contributed by atoms with Gasteiger partial charge in [0.05, 0.1) is 6.10 Å². The van der Waals surface area contributed by atoms with Crippen LogP contribution < -0.4 is 0 Å². The molecule has 1 unspecified atom stereocenters. The minimum absolute atomic E-state index is 0.158. The molecule has 0 aromatic heterocycles. The van der Waals surface area contributed by atoms with Crippen LogP contribution in [0.2, 0.25) is 0 Å². The third-order valence-corrected chi connectivity index (χ3v) is 3.08. The molecule has 70 valence electrons. The van der Waals surface area contributed by atoms with Gasteiger partial charge >= 0.3 is 0 Å². The van der Waals surface area contributed by atoms with Gasteiger partial charge in [0, 0.05) is 0 Å². The molecule has 1 N–H and O–H groups in total. The zero-order valence-corrected chi connectivity index (χ0v) is 8.21. The molecular weight excluding hydrogens is 148 g/mol. The van der Waals surface area contributed by atoms with Gasteiger partial charge in [-0.2, -0.15) is 0 Å². The Morgan fingerprint density at radius 1 is 1.25 bits per heavy atom. The Kier molecular flexibility index (Phi) is 3.33. The molecule has 1 fully saturated rings. The first-order valence-electron chi connectivity index (χ1n) is 5.00. The molecule has 1 heteroatoms. The Morgan fingerprint density at radius 2 is 1.83 bits per heavy atom. The maximum Gasteiger partial charge on any atom is 0.0774 e. The summed E-state index contributed by atoms with van der Waals surface area (Å²) in [6.45, 7) is 4.17. The summed E-state index contributed by atoms with van der Waals surface area (Å²) in [6.07, 6.45) is 9.91. The van der Waals surface area contributed by atoms with E-state index in [9.17, 15) is 5.11 Å². The first-order valence-corrected chi connectivity index (χ1v) is 5.00. The van der Waals surface area contributed by atoms with Crippen LogP contribution in [0.15, 0.2) is 12.2 Å². The van der Waals surface area contributed by atoms with Crippen molar-refractivity contribution >= 4 is 0 Å². The van der Waals surface area contributed by atoms with Gasteiger partial charge in [-0.1, -0.05) is 38.3 Å². The molecule has 0 heterocycles. The SMILES string of the molecule is C/C=C/C(O)C1(C)CCCCC1. The monoisotopic (exact) mass is 168 g/mol. The molecule has 1 nitrogen and oxygen atoms in total. The highest BCUT2D eigenvalue weighted by Gasteiger charge is 2.32. The number of allylic oxidation sites excluding steroid dienone is 1. The van der Waals surface area contributed by atoms with Crippen LogP contribution in [-0.4, -0.2) is 11.2 Å². The number of hydrogen-bond donors (Lipinski definition) is 1. The standard InChI is InChI=1S/C11H20O/c1-3-7-10(12)11(2)8-5-4-6-9-11/h3,7,10,12H,4-6,8-9H2,1-2H3/b7-3+. The molecule has 1 saturated carbocycles. The number of hydrogen-bond acceptors (Lipinski definition) is 1. The van der Waals surface area contributed by atoms with Gasteiger partial charge in [-0.3, -0.25) is 0 Å². The highest BCUT2D eigenvalue weighted by atomic mass is 16.3. The summed E-state index contributed by atoms with van der Waals surface area (Å²) >= 11 is 0. The predicted octanol–water partition coefficient (Wildman–Crippen LogP) is 2.89. The first kappa shape index (κ1) is 9.79. The Morgan fingerprint density at radius 3 is 2.33 bits per heavy atom. The van der Waals surface area contributed by atoms with E-state index >= 15 is 0 Å². The first-order chi connectivity index (χ1) is 5.69. The molecule has 1 rings (SSSR count). The topological polar surface area (TPSA) is 20.2 Å². The highest BCUT2D eigenvalue weighted by molar-refractivity contribution is 4.97. The molecule has 1 aliphatic rings. The summed E-state index contributed by atoms with van der Waals surface area (Å²) in [4.78, 5) is 0. The summed E-state index contributed by atoms with van der Waals surface area (Å²) in [5, 5.41) is 9.85. The Hall–Kier alpha value is -0.300. The predicted molar refractivity (Wildman–Crippen MR) is 52.0 cm³/mol. The van der Waals surface area contributed by atoms with E-state index in [4.69, 9.17) is 0 Å². The van der Waals surface area contributed by atoms with Gasteiger partial charge in [-0.05, 0) is 25.2 Å². The van der Waals surface area contributed by atoms with Crippen LogP contribution in [0.5, 0.6) is 0 Å². The van der Waals surface area contributed by atoms with Crippen molar-refractivity contribution in [2.24, 2.45) is 5.41 Å². The number of aliphatic hydroxyl groups excluding tert-OH is 1. The van der Waals surface area contributed by atoms with Crippen LogP contribution in [-0.2, 0) is 0 Å². The quantitative estimate of drug-likeness (QED) is 0.629. The van der Waals surface area contributed by atoms with Crippen LogP contribution in [0.4, 0.5) is 0 Å². The van der Waals surface area contributed by atoms with Crippen molar-refractivity contribution in [3.63, 3.8) is 0 Å². The lowest BCUT2D eigenvalue weighted by Gasteiger charge is -2.36. The minimum Gasteiger partial charge on any atom is -0.388 e. The van der Waals surface area contributed by atoms with Gasteiger partial charge in [0.15, 0.2) is 0 Å². The molecule has 12 heavy (non-hydrogen) atoms. The van der Waals surface area contributed by atoms with Crippen LogP contribution in [0, 0.1) is 5.41 Å². The van der Waals surface area contributed by atoms with E-state index in [-0.39, 0.29) is 11.5 Å². The summed E-state index contributed by atoms with van der Waals surface area (Å²) in [7, 11) is 0. The third-order valence-electron chi connectivity index (χ3n) is 3.08. The second kappa shape index (κ2) is 4.08. The van der Waals surface area contributed by atoms with Crippen LogP contribution in [0.25, 0.3) is 0 Å². The van der Waals surface area contributed by atoms with Crippen LogP contribution >= 0.6 is 0 Å². The lowest BCUT2D eigenvalue weighted by Crippen LogP contribution is -2.32. The minimum atomic E-state index is -0.234. The van der Waals surface area contributed by atoms with Crippen molar-refractivity contribution < 1.29 is 5.11 Å². The van der Waals surface area contributed by atoms with E-state index in [1.54, 1.807) is 0 Å². The summed E-state index contributed by atoms with van der Waals surface area (Å²) < 4.78 is 0. The molecule has 0 aliphatic heterocycles. The van der Waals surface area contributed by atoms with Gasteiger partial charge in [0.1, 0.15) is 0 Å². The van der Waals surface area contributed by atoms with Crippen LogP contribution in [0.1, 0.15) is 46.0 Å². The van der Waals surface area contributed by atoms with Crippen molar-refractivity contribution in [3.05, 3.63) is 12.2 Å². The Bertz CT molecular complexity index is 154. The van der Waals surface area contributed by atoms with Crippen molar-refractivity contribution in [1.82, 2.24) is 0 Å². The molecular formula is C11H20O. The molecule has 0 bridgehead atoms. The normalized spacial score (nSPS) is 25.9. The molecule has 0 aromatic carbocycles. The zero-order chi connectivity index (χ0) is 9.03. The molecule has 0 saturated heterocycles. The van der Waals surface area contributed by atoms with Gasteiger partial charge in [0.2, 0.25) is 0 Å². The summed E-state index contributed by atoms with van der Waals surface area (Å²) in [6, 6.07) is 0. The van der Waals surface area contributed by atoms with Gasteiger partial charge in [0.25, 0.3) is 0 Å². The molecule has 1 aliphatic carbocycles. The van der Waals surface area contributed by atoms with E-state index in [2.05, 4.69) is 6.92 Å². The Balaban J connectivity index is 2.55. The summed E-state index contributed by atoms with van der Waals surface area (Å²) in [5.74, 6) is 0. The zero-order valence-electron chi connectivity index (χ0n) is 8.21. The second-order valence-electron chi connectivity index (χ2n) is 4.19. The maximum absolute atomic E-state index is 9.85. The van der Waals surface area contributed by atoms with E-state index in [1.807, 2.05) is 19.1 Å². The molecule has 0 spiro atoms. The number of aliphatic hydroxyl groups is 1. The van der Waals surface area contributed by atoms with E-state index in [0.717, 1.165) is 0 Å². The van der Waals surface area contributed by atoms with Crippen LogP contribution in [0.3, 0.4) is 0 Å². The van der Waals surface area contributed by atoms with Crippen molar-refractivity contribution in [1.29, 1.82) is 0 Å². The largest absolute Gasteiger partial charge is 0.388 e. The third kappa shape index (κ3) is 2.10. The highest BCUT2D eigenvalue weighted by Crippen LogP contribution is 2.39. The fourth-order valence-electron chi connectivity index (χ4n) is 2.07.